The summed E-state index contributed by atoms with van der Waals surface area (Å²) in [6, 6.07) is 6.66. The summed E-state index contributed by atoms with van der Waals surface area (Å²) in [6.45, 7) is 1.34. The molecule has 0 saturated heterocycles. The lowest BCUT2D eigenvalue weighted by Crippen LogP contribution is -2.20. The molecule has 0 aliphatic carbocycles. The van der Waals surface area contributed by atoms with Crippen molar-refractivity contribution in [1.29, 1.82) is 0 Å². The minimum absolute atomic E-state index is 0.0601. The molecule has 1 amide bonds. The smallest absolute Gasteiger partial charge is 0.262 e. The van der Waals surface area contributed by atoms with Crippen LogP contribution >= 0.6 is 11.3 Å². The Labute approximate surface area is 126 Å². The predicted octanol–water partition coefficient (Wildman–Crippen LogP) is 2.98. The molecule has 1 aromatic heterocycles. The number of nitrogens with one attached hydrogen (secondary N) is 1. The fourth-order valence-electron chi connectivity index (χ4n) is 1.68. The molecule has 0 bridgehead atoms. The third-order valence-corrected chi connectivity index (χ3v) is 3.42. The zero-order valence-corrected chi connectivity index (χ0v) is 12.5. The largest absolute Gasteiger partial charge is 0.493 e. The molecule has 0 aliphatic rings. The topological polar surface area (TPSA) is 64.6 Å². The number of thiophene rings is 1. The van der Waals surface area contributed by atoms with Gasteiger partial charge in [0.2, 0.25) is 0 Å². The van der Waals surface area contributed by atoms with E-state index >= 15 is 0 Å². The van der Waals surface area contributed by atoms with Gasteiger partial charge in [-0.3, -0.25) is 9.59 Å². The molecule has 0 radical (unpaired) electrons. The van der Waals surface area contributed by atoms with Crippen LogP contribution in [0.15, 0.2) is 35.0 Å². The van der Waals surface area contributed by atoms with Gasteiger partial charge in [-0.15, -0.1) is 0 Å². The number of anilines is 1. The lowest BCUT2D eigenvalue weighted by Gasteiger charge is -2.11. The van der Waals surface area contributed by atoms with Crippen LogP contribution in [0, 0.1) is 0 Å². The highest BCUT2D eigenvalue weighted by Crippen LogP contribution is 2.28. The third-order valence-electron chi connectivity index (χ3n) is 2.73. The van der Waals surface area contributed by atoms with Crippen LogP contribution in [0.3, 0.4) is 0 Å². The van der Waals surface area contributed by atoms with E-state index in [4.69, 9.17) is 9.47 Å². The van der Waals surface area contributed by atoms with E-state index in [1.165, 1.54) is 25.4 Å². The molecule has 1 heterocycles. The Kier molecular flexibility index (Phi) is 4.94. The van der Waals surface area contributed by atoms with E-state index in [1.54, 1.807) is 18.2 Å². The average molecular weight is 305 g/mol. The van der Waals surface area contributed by atoms with Crippen LogP contribution in [0.4, 0.5) is 5.69 Å². The molecule has 1 aromatic carbocycles. The van der Waals surface area contributed by atoms with Crippen molar-refractivity contribution in [2.45, 2.75) is 6.92 Å². The number of ether oxygens (including phenoxy) is 2. The van der Waals surface area contributed by atoms with Crippen molar-refractivity contribution in [1.82, 2.24) is 0 Å². The summed E-state index contributed by atoms with van der Waals surface area (Å²) < 4.78 is 10.6. The fraction of sp³-hybridized carbons (Fsp3) is 0.200. The molecule has 2 aromatic rings. The standard InChI is InChI=1S/C15H15NO4S/c1-10(17)11-3-4-13(14(7-11)19-2)20-8-15(18)16-12-5-6-21-9-12/h3-7,9H,8H2,1-2H3,(H,16,18). The van der Waals surface area contributed by atoms with Crippen molar-refractivity contribution < 1.29 is 19.1 Å². The van der Waals surface area contributed by atoms with Crippen molar-refractivity contribution in [3.8, 4) is 11.5 Å². The first-order valence-electron chi connectivity index (χ1n) is 6.24. The van der Waals surface area contributed by atoms with Crippen LogP contribution in [0.1, 0.15) is 17.3 Å². The van der Waals surface area contributed by atoms with Gasteiger partial charge in [0.1, 0.15) is 0 Å². The van der Waals surface area contributed by atoms with Gasteiger partial charge >= 0.3 is 0 Å². The third kappa shape index (κ3) is 4.06. The lowest BCUT2D eigenvalue weighted by atomic mass is 10.1. The maximum Gasteiger partial charge on any atom is 0.262 e. The highest BCUT2D eigenvalue weighted by Gasteiger charge is 2.10. The molecule has 1 N–H and O–H groups in total. The normalized spacial score (nSPS) is 10.0. The number of carbonyl (C=O) groups is 2. The maximum atomic E-state index is 11.7. The molecule has 0 spiro atoms. The zero-order valence-electron chi connectivity index (χ0n) is 11.7. The molecule has 0 aliphatic heterocycles. The van der Waals surface area contributed by atoms with Crippen molar-refractivity contribution in [2.24, 2.45) is 0 Å². The number of Topliss-reactive ketones (excluding diaryl/α,β-unsaturated/α-hetero) is 1. The van der Waals surface area contributed by atoms with Crippen LogP contribution in [-0.4, -0.2) is 25.4 Å². The summed E-state index contributed by atoms with van der Waals surface area (Å²) in [5, 5.41) is 6.42. The zero-order chi connectivity index (χ0) is 15.2. The number of methoxy groups -OCH3 is 1. The quantitative estimate of drug-likeness (QED) is 0.833. The molecule has 21 heavy (non-hydrogen) atoms. The minimum Gasteiger partial charge on any atom is -0.493 e. The van der Waals surface area contributed by atoms with Crippen LogP contribution < -0.4 is 14.8 Å². The minimum atomic E-state index is -0.258. The first kappa shape index (κ1) is 15.1. The monoisotopic (exact) mass is 305 g/mol. The second-order valence-electron chi connectivity index (χ2n) is 4.27. The van der Waals surface area contributed by atoms with Crippen LogP contribution in [0.25, 0.3) is 0 Å². The molecule has 0 unspecified atom stereocenters. The molecule has 2 rings (SSSR count). The second kappa shape index (κ2) is 6.90. The van der Waals surface area contributed by atoms with Crippen LogP contribution in [0.5, 0.6) is 11.5 Å². The Hall–Kier alpha value is -2.34. The first-order chi connectivity index (χ1) is 10.1. The van der Waals surface area contributed by atoms with Gasteiger partial charge in [0.15, 0.2) is 23.9 Å². The molecule has 5 nitrogen and oxygen atoms in total. The number of amides is 1. The Morgan fingerprint density at radius 3 is 2.67 bits per heavy atom. The maximum absolute atomic E-state index is 11.7. The first-order valence-corrected chi connectivity index (χ1v) is 7.18. The van der Waals surface area contributed by atoms with Gasteiger partial charge in [0.05, 0.1) is 12.8 Å². The van der Waals surface area contributed by atoms with Gasteiger partial charge in [-0.1, -0.05) is 0 Å². The summed E-state index contributed by atoms with van der Waals surface area (Å²) in [7, 11) is 1.48. The number of benzene rings is 1. The molecule has 0 saturated carbocycles. The van der Waals surface area contributed by atoms with Crippen molar-refractivity contribution >= 4 is 28.7 Å². The summed E-state index contributed by atoms with van der Waals surface area (Å²) in [5.41, 5.74) is 1.27. The summed E-state index contributed by atoms with van der Waals surface area (Å²) in [5.74, 6) is 0.523. The van der Waals surface area contributed by atoms with Crippen molar-refractivity contribution in [2.75, 3.05) is 19.0 Å². The van der Waals surface area contributed by atoms with Gasteiger partial charge in [0, 0.05) is 10.9 Å². The van der Waals surface area contributed by atoms with Crippen LogP contribution in [-0.2, 0) is 4.79 Å². The number of hydrogen-bond acceptors (Lipinski definition) is 5. The van der Waals surface area contributed by atoms with Gasteiger partial charge in [-0.25, -0.2) is 0 Å². The van der Waals surface area contributed by atoms with Crippen molar-refractivity contribution in [3.63, 3.8) is 0 Å². The summed E-state index contributed by atoms with van der Waals surface area (Å²) in [6.07, 6.45) is 0. The molecule has 110 valence electrons. The van der Waals surface area contributed by atoms with E-state index in [1.807, 2.05) is 16.8 Å². The van der Waals surface area contributed by atoms with Gasteiger partial charge in [-0.2, -0.15) is 11.3 Å². The highest BCUT2D eigenvalue weighted by molar-refractivity contribution is 7.08. The van der Waals surface area contributed by atoms with E-state index in [2.05, 4.69) is 5.32 Å². The Morgan fingerprint density at radius 1 is 1.24 bits per heavy atom. The highest BCUT2D eigenvalue weighted by atomic mass is 32.1. The summed E-state index contributed by atoms with van der Waals surface area (Å²) in [4.78, 5) is 23.0. The Morgan fingerprint density at radius 2 is 2.05 bits per heavy atom. The van der Waals surface area contributed by atoms with E-state index in [0.29, 0.717) is 17.1 Å². The SMILES string of the molecule is COc1cc(C(C)=O)ccc1OCC(=O)Nc1ccsc1. The number of rotatable bonds is 6. The van der Waals surface area contributed by atoms with Gasteiger partial charge in [0.25, 0.3) is 5.91 Å². The van der Waals surface area contributed by atoms with E-state index in [9.17, 15) is 9.59 Å². The average Bonchev–Trinajstić information content (AvgIpc) is 2.97. The number of hydrogen-bond donors (Lipinski definition) is 1. The molecule has 6 heteroatoms. The Balaban J connectivity index is 1.99. The van der Waals surface area contributed by atoms with E-state index in [-0.39, 0.29) is 18.3 Å². The lowest BCUT2D eigenvalue weighted by molar-refractivity contribution is -0.118. The van der Waals surface area contributed by atoms with E-state index < -0.39 is 0 Å². The predicted molar refractivity (Wildman–Crippen MR) is 81.4 cm³/mol. The number of ketones is 1. The van der Waals surface area contributed by atoms with Crippen LogP contribution in [0.2, 0.25) is 0 Å². The second-order valence-corrected chi connectivity index (χ2v) is 5.05. The van der Waals surface area contributed by atoms with Gasteiger partial charge < -0.3 is 14.8 Å². The van der Waals surface area contributed by atoms with E-state index in [0.717, 1.165) is 5.69 Å². The molecular formula is C15H15NO4S. The molecular weight excluding hydrogens is 290 g/mol. The fourth-order valence-corrected chi connectivity index (χ4v) is 2.27. The Bertz CT molecular complexity index is 637. The molecule has 0 atom stereocenters. The molecule has 0 fully saturated rings. The number of carbonyl (C=O) groups excluding carboxylic acids is 2. The summed E-state index contributed by atoms with van der Waals surface area (Å²) >= 11 is 1.50. The van der Waals surface area contributed by atoms with Crippen molar-refractivity contribution in [3.05, 3.63) is 40.6 Å². The van der Waals surface area contributed by atoms with Gasteiger partial charge in [-0.05, 0) is 36.6 Å².